The minimum atomic E-state index is 0.0278. The molecule has 4 unspecified atom stereocenters. The summed E-state index contributed by atoms with van der Waals surface area (Å²) >= 11 is 0. The van der Waals surface area contributed by atoms with Crippen LogP contribution in [0.4, 0.5) is 0 Å². The smallest absolute Gasteiger partial charge is 0.107 e. The van der Waals surface area contributed by atoms with Gasteiger partial charge >= 0.3 is 0 Å². The quantitative estimate of drug-likeness (QED) is 0.313. The molecule has 0 aromatic rings. The number of aliphatic hydroxyl groups excluding tert-OH is 2. The number of hydrogen-bond donors (Lipinski definition) is 2. The normalized spacial score (nSPS) is 24.6. The Balaban J connectivity index is 0.000000295. The van der Waals surface area contributed by atoms with E-state index in [1.54, 1.807) is 0 Å². The first-order valence-electron chi connectivity index (χ1n) is 7.66. The van der Waals surface area contributed by atoms with Gasteiger partial charge < -0.3 is 29.2 Å². The van der Waals surface area contributed by atoms with E-state index in [0.717, 1.165) is 26.1 Å². The number of rotatable bonds is 12. The average Bonchev–Trinajstić information content (AvgIpc) is 3.41. The van der Waals surface area contributed by atoms with Gasteiger partial charge in [0.25, 0.3) is 0 Å². The second-order valence-electron chi connectivity index (χ2n) is 5.06. The van der Waals surface area contributed by atoms with Crippen LogP contribution in [0.15, 0.2) is 25.3 Å². The molecule has 0 amide bonds. The molecule has 2 rings (SSSR count). The van der Waals surface area contributed by atoms with Gasteiger partial charge in [-0.25, -0.2) is 0 Å². The lowest BCUT2D eigenvalue weighted by Gasteiger charge is -2.20. The molecule has 2 saturated heterocycles. The van der Waals surface area contributed by atoms with Crippen LogP contribution in [0.5, 0.6) is 0 Å². The highest BCUT2D eigenvalue weighted by molar-refractivity contribution is 4.91. The van der Waals surface area contributed by atoms with Crippen molar-refractivity contribution in [3.05, 3.63) is 25.3 Å². The minimum Gasteiger partial charge on any atom is -0.394 e. The molecule has 0 radical (unpaired) electrons. The molecule has 2 fully saturated rings. The zero-order chi connectivity index (χ0) is 16.2. The van der Waals surface area contributed by atoms with Gasteiger partial charge in [-0.3, -0.25) is 0 Å². The molecule has 4 atom stereocenters. The summed E-state index contributed by atoms with van der Waals surface area (Å²) in [5.41, 5.74) is 0. The Hall–Kier alpha value is -0.760. The SMILES string of the molecule is C=CCC(OC(CC=C)C1CO1)C1CO1.OCCOCCO. The number of ether oxygens (including phenoxy) is 4. The van der Waals surface area contributed by atoms with E-state index in [1.165, 1.54) is 0 Å². The Labute approximate surface area is 132 Å². The molecule has 2 aliphatic rings. The minimum absolute atomic E-state index is 0.0278. The van der Waals surface area contributed by atoms with E-state index >= 15 is 0 Å². The molecule has 6 nitrogen and oxygen atoms in total. The standard InChI is InChI=1S/C12H18O3.C4H10O3/c1-3-5-9(11-7-13-11)15-10(6-4-2)12-8-14-12;5-1-3-7-4-2-6/h3-4,9-12H,1-2,5-8H2;5-6H,1-4H2. The molecule has 22 heavy (non-hydrogen) atoms. The summed E-state index contributed by atoms with van der Waals surface area (Å²) in [6, 6.07) is 0. The van der Waals surface area contributed by atoms with Crippen molar-refractivity contribution in [1.82, 2.24) is 0 Å². The Kier molecular flexibility index (Phi) is 10.3. The van der Waals surface area contributed by atoms with Gasteiger partial charge in [-0.2, -0.15) is 0 Å². The lowest BCUT2D eigenvalue weighted by Crippen LogP contribution is -2.29. The first-order valence-corrected chi connectivity index (χ1v) is 7.66. The predicted molar refractivity (Wildman–Crippen MR) is 82.8 cm³/mol. The molecule has 2 heterocycles. The van der Waals surface area contributed by atoms with Gasteiger partial charge in [0.2, 0.25) is 0 Å². The number of hydrogen-bond acceptors (Lipinski definition) is 6. The molecule has 0 aromatic carbocycles. The highest BCUT2D eigenvalue weighted by Gasteiger charge is 2.39. The van der Waals surface area contributed by atoms with Crippen LogP contribution in [-0.2, 0) is 18.9 Å². The highest BCUT2D eigenvalue weighted by atomic mass is 16.6. The fraction of sp³-hybridized carbons (Fsp3) is 0.750. The molecule has 0 saturated carbocycles. The lowest BCUT2D eigenvalue weighted by molar-refractivity contribution is -0.0343. The van der Waals surface area contributed by atoms with Crippen LogP contribution in [0.3, 0.4) is 0 Å². The Morgan fingerprint density at radius 2 is 1.36 bits per heavy atom. The molecule has 0 aliphatic carbocycles. The first-order chi connectivity index (χ1) is 10.8. The third-order valence-electron chi connectivity index (χ3n) is 3.17. The van der Waals surface area contributed by atoms with Crippen LogP contribution in [0.25, 0.3) is 0 Å². The monoisotopic (exact) mass is 316 g/mol. The molecule has 0 aromatic heterocycles. The molecular weight excluding hydrogens is 288 g/mol. The van der Waals surface area contributed by atoms with Gasteiger partial charge in [0.05, 0.1) is 51.8 Å². The van der Waals surface area contributed by atoms with Crippen LogP contribution in [0, 0.1) is 0 Å². The van der Waals surface area contributed by atoms with Gasteiger partial charge in [0.15, 0.2) is 0 Å². The molecular formula is C16H28O6. The van der Waals surface area contributed by atoms with Gasteiger partial charge in [-0.05, 0) is 12.8 Å². The Bertz CT molecular complexity index is 273. The first kappa shape index (κ1) is 19.3. The fourth-order valence-corrected chi connectivity index (χ4v) is 1.91. The molecule has 2 N–H and O–H groups in total. The van der Waals surface area contributed by atoms with E-state index in [0.29, 0.717) is 13.2 Å². The van der Waals surface area contributed by atoms with Crippen molar-refractivity contribution in [2.75, 3.05) is 39.6 Å². The molecule has 6 heteroatoms. The molecule has 128 valence electrons. The van der Waals surface area contributed by atoms with E-state index < -0.39 is 0 Å². The largest absolute Gasteiger partial charge is 0.394 e. The predicted octanol–water partition coefficient (Wildman–Crippen LogP) is 0.678. The molecule has 0 bridgehead atoms. The van der Waals surface area contributed by atoms with Gasteiger partial charge in [0.1, 0.15) is 12.2 Å². The van der Waals surface area contributed by atoms with Crippen LogP contribution >= 0.6 is 0 Å². The van der Waals surface area contributed by atoms with Gasteiger partial charge in [0, 0.05) is 0 Å². The van der Waals surface area contributed by atoms with E-state index in [2.05, 4.69) is 17.9 Å². The van der Waals surface area contributed by atoms with Gasteiger partial charge in [-0.15, -0.1) is 13.2 Å². The third-order valence-corrected chi connectivity index (χ3v) is 3.17. The summed E-state index contributed by atoms with van der Waals surface area (Å²) in [5.74, 6) is 0. The summed E-state index contributed by atoms with van der Waals surface area (Å²) in [5, 5.41) is 16.2. The van der Waals surface area contributed by atoms with Crippen molar-refractivity contribution in [2.24, 2.45) is 0 Å². The summed E-state index contributed by atoms with van der Waals surface area (Å²) in [7, 11) is 0. The third kappa shape index (κ3) is 8.63. The summed E-state index contributed by atoms with van der Waals surface area (Å²) < 4.78 is 21.1. The average molecular weight is 316 g/mol. The van der Waals surface area contributed by atoms with Crippen molar-refractivity contribution in [3.63, 3.8) is 0 Å². The van der Waals surface area contributed by atoms with E-state index in [1.807, 2.05) is 12.2 Å². The Morgan fingerprint density at radius 1 is 0.955 bits per heavy atom. The molecule has 2 aliphatic heterocycles. The van der Waals surface area contributed by atoms with Crippen LogP contribution < -0.4 is 0 Å². The van der Waals surface area contributed by atoms with Crippen molar-refractivity contribution in [1.29, 1.82) is 0 Å². The highest BCUT2D eigenvalue weighted by Crippen LogP contribution is 2.27. The number of aliphatic hydroxyl groups is 2. The zero-order valence-corrected chi connectivity index (χ0v) is 13.1. The summed E-state index contributed by atoms with van der Waals surface area (Å²) in [6.45, 7) is 9.79. The summed E-state index contributed by atoms with van der Waals surface area (Å²) in [4.78, 5) is 0. The molecule has 0 spiro atoms. The van der Waals surface area contributed by atoms with E-state index in [9.17, 15) is 0 Å². The van der Waals surface area contributed by atoms with Crippen molar-refractivity contribution >= 4 is 0 Å². The fourth-order valence-electron chi connectivity index (χ4n) is 1.91. The van der Waals surface area contributed by atoms with Crippen molar-refractivity contribution < 1.29 is 29.2 Å². The van der Waals surface area contributed by atoms with E-state index in [-0.39, 0.29) is 37.6 Å². The van der Waals surface area contributed by atoms with Gasteiger partial charge in [-0.1, -0.05) is 12.2 Å². The second-order valence-corrected chi connectivity index (χ2v) is 5.06. The van der Waals surface area contributed by atoms with E-state index in [4.69, 9.17) is 24.4 Å². The van der Waals surface area contributed by atoms with Crippen LogP contribution in [0.2, 0.25) is 0 Å². The van der Waals surface area contributed by atoms with Crippen LogP contribution in [-0.4, -0.2) is 74.3 Å². The number of epoxide rings is 2. The maximum atomic E-state index is 8.09. The zero-order valence-electron chi connectivity index (χ0n) is 13.1. The summed E-state index contributed by atoms with van der Waals surface area (Å²) in [6.07, 6.45) is 6.23. The second kappa shape index (κ2) is 11.8. The van der Waals surface area contributed by atoms with Crippen molar-refractivity contribution in [3.8, 4) is 0 Å². The Morgan fingerprint density at radius 3 is 1.64 bits per heavy atom. The van der Waals surface area contributed by atoms with Crippen molar-refractivity contribution in [2.45, 2.75) is 37.3 Å². The topological polar surface area (TPSA) is 84.0 Å². The maximum Gasteiger partial charge on any atom is 0.107 e. The van der Waals surface area contributed by atoms with Crippen LogP contribution in [0.1, 0.15) is 12.8 Å². The maximum absolute atomic E-state index is 8.09. The lowest BCUT2D eigenvalue weighted by atomic mass is 10.1.